The molecule has 134 valence electrons. The minimum atomic E-state index is -0.0680. The van der Waals surface area contributed by atoms with E-state index in [1.54, 1.807) is 0 Å². The van der Waals surface area contributed by atoms with Gasteiger partial charge in [-0.05, 0) is 30.5 Å². The van der Waals surface area contributed by atoms with Crippen LogP contribution in [0.25, 0.3) is 0 Å². The van der Waals surface area contributed by atoms with Crippen LogP contribution in [0, 0.1) is 0 Å². The summed E-state index contributed by atoms with van der Waals surface area (Å²) in [6.07, 6.45) is 0. The maximum Gasteiger partial charge on any atom is 0.0629 e. The van der Waals surface area contributed by atoms with Crippen LogP contribution in [-0.4, -0.2) is 16.6 Å². The molecule has 0 unspecified atom stereocenters. The highest BCUT2D eigenvalue weighted by atomic mass is 16.3. The van der Waals surface area contributed by atoms with Crippen molar-refractivity contribution < 1.29 is 5.11 Å². The van der Waals surface area contributed by atoms with Gasteiger partial charge in [-0.25, -0.2) is 0 Å². The van der Waals surface area contributed by atoms with Crippen molar-refractivity contribution in [3.8, 4) is 0 Å². The fourth-order valence-corrected chi connectivity index (χ4v) is 3.73. The molecule has 2 heteroatoms. The number of rotatable bonds is 7. The van der Waals surface area contributed by atoms with Crippen LogP contribution >= 0.6 is 0 Å². The van der Waals surface area contributed by atoms with Gasteiger partial charge in [0.2, 0.25) is 0 Å². The highest BCUT2D eigenvalue weighted by Crippen LogP contribution is 2.38. The zero-order valence-electron chi connectivity index (χ0n) is 15.5. The number of hydrogen-bond donors (Lipinski definition) is 1. The van der Waals surface area contributed by atoms with Crippen LogP contribution in [0.5, 0.6) is 0 Å². The summed E-state index contributed by atoms with van der Waals surface area (Å²) >= 11 is 0. The summed E-state index contributed by atoms with van der Waals surface area (Å²) < 4.78 is 0. The molecule has 3 rings (SSSR count). The Morgan fingerprint density at radius 1 is 0.615 bits per heavy atom. The lowest BCUT2D eigenvalue weighted by Crippen LogP contribution is -2.36. The van der Waals surface area contributed by atoms with Gasteiger partial charge < -0.3 is 5.11 Å². The van der Waals surface area contributed by atoms with Gasteiger partial charge in [0.05, 0.1) is 12.6 Å². The minimum Gasteiger partial charge on any atom is -0.394 e. The summed E-state index contributed by atoms with van der Waals surface area (Å²) in [5.41, 5.74) is 3.65. The Bertz CT molecular complexity index is 728. The predicted octanol–water partition coefficient (Wildman–Crippen LogP) is 5.54. The second-order valence-corrected chi connectivity index (χ2v) is 6.73. The van der Waals surface area contributed by atoms with E-state index in [1.807, 2.05) is 30.3 Å². The molecule has 3 aromatic rings. The zero-order valence-corrected chi connectivity index (χ0v) is 15.5. The van der Waals surface area contributed by atoms with Gasteiger partial charge in [-0.3, -0.25) is 4.90 Å². The van der Waals surface area contributed by atoms with Gasteiger partial charge in [-0.2, -0.15) is 0 Å². The Kier molecular flexibility index (Phi) is 6.21. The summed E-state index contributed by atoms with van der Waals surface area (Å²) in [7, 11) is 0. The molecule has 1 N–H and O–H groups in total. The van der Waals surface area contributed by atoms with Gasteiger partial charge in [0.25, 0.3) is 0 Å². The van der Waals surface area contributed by atoms with Crippen molar-refractivity contribution in [3.63, 3.8) is 0 Å². The lowest BCUT2D eigenvalue weighted by Gasteiger charge is -2.41. The van der Waals surface area contributed by atoms with Crippen LogP contribution in [-0.2, 0) is 0 Å². The zero-order chi connectivity index (χ0) is 18.4. The Balaban J connectivity index is 2.03. The molecule has 0 fully saturated rings. The van der Waals surface area contributed by atoms with E-state index in [9.17, 15) is 5.11 Å². The van der Waals surface area contributed by atoms with Crippen LogP contribution in [0.15, 0.2) is 91.0 Å². The normalized spacial score (nSPS) is 14.8. The van der Waals surface area contributed by atoms with Gasteiger partial charge >= 0.3 is 0 Å². The lowest BCUT2D eigenvalue weighted by molar-refractivity contribution is 0.0525. The molecule has 0 aliphatic carbocycles. The Morgan fingerprint density at radius 3 is 1.31 bits per heavy atom. The number of aliphatic hydroxyl groups excluding tert-OH is 1. The molecule has 0 aromatic heterocycles. The monoisotopic (exact) mass is 345 g/mol. The Morgan fingerprint density at radius 2 is 0.962 bits per heavy atom. The van der Waals surface area contributed by atoms with E-state index in [0.717, 1.165) is 5.56 Å². The Hall–Kier alpha value is -2.42. The largest absolute Gasteiger partial charge is 0.394 e. The standard InChI is InChI=1S/C24H27NO/c1-19(21-12-6-3-7-13-21)25(20(2)22-14-8-4-9-15-22)24(18-26)23-16-10-5-11-17-23/h3-17,19-20,24,26H,18H2,1-2H3/t19-,20+,24-/m0/s1. The number of nitrogens with zero attached hydrogens (tertiary/aromatic N) is 1. The molecule has 0 bridgehead atoms. The molecule has 0 radical (unpaired) electrons. The van der Waals surface area contributed by atoms with Gasteiger partial charge in [-0.15, -0.1) is 0 Å². The van der Waals surface area contributed by atoms with Gasteiger partial charge in [0.1, 0.15) is 0 Å². The summed E-state index contributed by atoms with van der Waals surface area (Å²) in [5.74, 6) is 0. The molecule has 26 heavy (non-hydrogen) atoms. The van der Waals surface area contributed by atoms with E-state index in [2.05, 4.69) is 79.4 Å². The minimum absolute atomic E-state index is 0.0680. The SMILES string of the molecule is C[C@H](c1ccccc1)N([C@@H](C)c1ccccc1)[C@@H](CO)c1ccccc1. The van der Waals surface area contributed by atoms with Crippen molar-refractivity contribution >= 4 is 0 Å². The van der Waals surface area contributed by atoms with E-state index in [0.29, 0.717) is 0 Å². The van der Waals surface area contributed by atoms with Crippen LogP contribution in [0.3, 0.4) is 0 Å². The molecular formula is C24H27NO. The molecule has 3 aromatic carbocycles. The first kappa shape index (κ1) is 18.4. The van der Waals surface area contributed by atoms with Gasteiger partial charge in [0, 0.05) is 12.1 Å². The summed E-state index contributed by atoms with van der Waals surface area (Å²) in [6, 6.07) is 31.6. The maximum absolute atomic E-state index is 10.3. The molecule has 0 heterocycles. The van der Waals surface area contributed by atoms with E-state index in [4.69, 9.17) is 0 Å². The predicted molar refractivity (Wildman–Crippen MR) is 108 cm³/mol. The third-order valence-electron chi connectivity index (χ3n) is 5.18. The van der Waals surface area contributed by atoms with Crippen molar-refractivity contribution in [3.05, 3.63) is 108 Å². The second kappa shape index (κ2) is 8.79. The first-order valence-corrected chi connectivity index (χ1v) is 9.25. The summed E-state index contributed by atoms with van der Waals surface area (Å²) in [4.78, 5) is 2.42. The van der Waals surface area contributed by atoms with Crippen LogP contribution in [0.2, 0.25) is 0 Å². The van der Waals surface area contributed by atoms with Crippen molar-refractivity contribution in [2.75, 3.05) is 6.61 Å². The molecule has 0 spiro atoms. The topological polar surface area (TPSA) is 23.5 Å². The van der Waals surface area contributed by atoms with E-state index in [1.165, 1.54) is 11.1 Å². The molecule has 0 saturated carbocycles. The third kappa shape index (κ3) is 4.04. The smallest absolute Gasteiger partial charge is 0.0629 e. The number of benzene rings is 3. The van der Waals surface area contributed by atoms with E-state index >= 15 is 0 Å². The van der Waals surface area contributed by atoms with E-state index in [-0.39, 0.29) is 24.7 Å². The molecule has 0 amide bonds. The fraction of sp³-hybridized carbons (Fsp3) is 0.250. The highest BCUT2D eigenvalue weighted by molar-refractivity contribution is 5.26. The first-order chi connectivity index (χ1) is 12.7. The number of hydrogen-bond acceptors (Lipinski definition) is 2. The first-order valence-electron chi connectivity index (χ1n) is 9.25. The van der Waals surface area contributed by atoms with Crippen LogP contribution in [0.4, 0.5) is 0 Å². The molecule has 3 atom stereocenters. The van der Waals surface area contributed by atoms with Crippen molar-refractivity contribution in [1.82, 2.24) is 4.90 Å². The van der Waals surface area contributed by atoms with Crippen LogP contribution in [0.1, 0.15) is 48.7 Å². The molecule has 2 nitrogen and oxygen atoms in total. The fourth-order valence-electron chi connectivity index (χ4n) is 3.73. The van der Waals surface area contributed by atoms with Gasteiger partial charge in [-0.1, -0.05) is 91.0 Å². The second-order valence-electron chi connectivity index (χ2n) is 6.73. The third-order valence-corrected chi connectivity index (χ3v) is 5.18. The Labute approximate surface area is 156 Å². The van der Waals surface area contributed by atoms with Gasteiger partial charge in [0.15, 0.2) is 0 Å². The molecule has 0 aliphatic heterocycles. The van der Waals surface area contributed by atoms with Crippen molar-refractivity contribution in [1.29, 1.82) is 0 Å². The quantitative estimate of drug-likeness (QED) is 0.607. The molecular weight excluding hydrogens is 318 g/mol. The maximum atomic E-state index is 10.3. The van der Waals surface area contributed by atoms with Crippen molar-refractivity contribution in [2.24, 2.45) is 0 Å². The summed E-state index contributed by atoms with van der Waals surface area (Å²) in [6.45, 7) is 4.53. The van der Waals surface area contributed by atoms with Crippen molar-refractivity contribution in [2.45, 2.75) is 32.0 Å². The van der Waals surface area contributed by atoms with Crippen LogP contribution < -0.4 is 0 Å². The molecule has 0 aliphatic rings. The average Bonchev–Trinajstić information content (AvgIpc) is 2.73. The lowest BCUT2D eigenvalue weighted by atomic mass is 9.95. The van der Waals surface area contributed by atoms with E-state index < -0.39 is 0 Å². The average molecular weight is 345 g/mol. The molecule has 0 saturated heterocycles. The highest BCUT2D eigenvalue weighted by Gasteiger charge is 2.30. The number of aliphatic hydroxyl groups is 1. The summed E-state index contributed by atoms with van der Waals surface area (Å²) in [5, 5.41) is 10.3.